The summed E-state index contributed by atoms with van der Waals surface area (Å²) in [7, 11) is 3.29. The molecular formula is C21H24N2O3S. The molecule has 0 saturated heterocycles. The van der Waals surface area contributed by atoms with Crippen LogP contribution < -0.4 is 9.54 Å². The number of aryl methyl sites for hydroxylation is 2. The lowest BCUT2D eigenvalue weighted by atomic mass is 10.1. The molecule has 142 valence electrons. The highest BCUT2D eigenvalue weighted by atomic mass is 32.1. The van der Waals surface area contributed by atoms with Gasteiger partial charge in [0.1, 0.15) is 5.75 Å². The molecule has 5 nitrogen and oxygen atoms in total. The fourth-order valence-electron chi connectivity index (χ4n) is 3.02. The number of hydrogen-bond donors (Lipinski definition) is 0. The number of methoxy groups -OCH3 is 2. The van der Waals surface area contributed by atoms with E-state index >= 15 is 0 Å². The second-order valence-corrected chi connectivity index (χ2v) is 7.51. The first-order valence-corrected chi connectivity index (χ1v) is 9.63. The van der Waals surface area contributed by atoms with Crippen molar-refractivity contribution in [1.29, 1.82) is 0 Å². The Bertz CT molecular complexity index is 1030. The minimum absolute atomic E-state index is 0.187. The third-order valence-electron chi connectivity index (χ3n) is 4.36. The molecular weight excluding hydrogens is 360 g/mol. The minimum atomic E-state index is -0.187. The van der Waals surface area contributed by atoms with Crippen LogP contribution in [-0.2, 0) is 22.5 Å². The van der Waals surface area contributed by atoms with Gasteiger partial charge in [0.2, 0.25) is 0 Å². The molecule has 0 aliphatic heterocycles. The van der Waals surface area contributed by atoms with Crippen LogP contribution in [0.5, 0.6) is 5.75 Å². The molecule has 0 fully saturated rings. The van der Waals surface area contributed by atoms with E-state index in [0.29, 0.717) is 23.7 Å². The van der Waals surface area contributed by atoms with Crippen LogP contribution in [0.2, 0.25) is 0 Å². The van der Waals surface area contributed by atoms with Gasteiger partial charge in [0.05, 0.1) is 30.4 Å². The number of thiazole rings is 1. The molecule has 1 amide bonds. The number of hydrogen-bond acceptors (Lipinski definition) is 4. The van der Waals surface area contributed by atoms with Crippen molar-refractivity contribution >= 4 is 27.5 Å². The minimum Gasteiger partial charge on any atom is -0.496 e. The average molecular weight is 385 g/mol. The van der Waals surface area contributed by atoms with Crippen LogP contribution in [0, 0.1) is 13.8 Å². The highest BCUT2D eigenvalue weighted by Crippen LogP contribution is 2.21. The number of ether oxygens (including phenoxy) is 2. The number of rotatable bonds is 6. The van der Waals surface area contributed by atoms with Crippen molar-refractivity contribution in [3.63, 3.8) is 0 Å². The SMILES string of the molecule is COCCn1c(=NC(=O)Cc2cc(C)ccc2OC)sc2cc(C)ccc21. The fraction of sp³-hybridized carbons (Fsp3) is 0.333. The van der Waals surface area contributed by atoms with Gasteiger partial charge >= 0.3 is 0 Å². The first kappa shape index (κ1) is 19.3. The van der Waals surface area contributed by atoms with Crippen LogP contribution in [0.3, 0.4) is 0 Å². The second-order valence-electron chi connectivity index (χ2n) is 6.50. The smallest absolute Gasteiger partial charge is 0.252 e. The summed E-state index contributed by atoms with van der Waals surface area (Å²) < 4.78 is 13.8. The van der Waals surface area contributed by atoms with Crippen LogP contribution in [0.4, 0.5) is 0 Å². The lowest BCUT2D eigenvalue weighted by Crippen LogP contribution is -2.19. The molecule has 27 heavy (non-hydrogen) atoms. The topological polar surface area (TPSA) is 52.8 Å². The highest BCUT2D eigenvalue weighted by Gasteiger charge is 2.11. The monoisotopic (exact) mass is 384 g/mol. The van der Waals surface area contributed by atoms with E-state index in [9.17, 15) is 4.79 Å². The summed E-state index contributed by atoms with van der Waals surface area (Å²) in [5.74, 6) is 0.525. The molecule has 1 heterocycles. The van der Waals surface area contributed by atoms with Gasteiger partial charge in [0.25, 0.3) is 5.91 Å². The predicted molar refractivity (Wildman–Crippen MR) is 108 cm³/mol. The third kappa shape index (κ3) is 4.46. The van der Waals surface area contributed by atoms with Crippen LogP contribution in [0.15, 0.2) is 41.4 Å². The standard InChI is InChI=1S/C21H24N2O3S/c1-14-6-8-18(26-4)16(11-14)13-20(24)22-21-23(9-10-25-3)17-7-5-15(2)12-19(17)27-21/h5-8,11-12H,9-10,13H2,1-4H3. The molecule has 0 aliphatic rings. The fourth-order valence-corrected chi connectivity index (χ4v) is 4.19. The van der Waals surface area contributed by atoms with E-state index in [2.05, 4.69) is 30.1 Å². The van der Waals surface area contributed by atoms with E-state index in [1.165, 1.54) is 16.9 Å². The number of benzene rings is 2. The van der Waals surface area contributed by atoms with Gasteiger partial charge in [-0.15, -0.1) is 0 Å². The van der Waals surface area contributed by atoms with Crippen molar-refractivity contribution in [1.82, 2.24) is 4.57 Å². The van der Waals surface area contributed by atoms with Crippen molar-refractivity contribution in [3.05, 3.63) is 57.9 Å². The molecule has 0 N–H and O–H groups in total. The zero-order chi connectivity index (χ0) is 19.4. The van der Waals surface area contributed by atoms with Gasteiger partial charge in [-0.3, -0.25) is 4.79 Å². The average Bonchev–Trinajstić information content (AvgIpc) is 2.95. The van der Waals surface area contributed by atoms with Crippen molar-refractivity contribution in [2.45, 2.75) is 26.8 Å². The maximum Gasteiger partial charge on any atom is 0.252 e. The van der Waals surface area contributed by atoms with Crippen LogP contribution >= 0.6 is 11.3 Å². The lowest BCUT2D eigenvalue weighted by Gasteiger charge is -2.07. The van der Waals surface area contributed by atoms with Crippen molar-refractivity contribution in [3.8, 4) is 5.75 Å². The Morgan fingerprint density at radius 1 is 1.11 bits per heavy atom. The van der Waals surface area contributed by atoms with Gasteiger partial charge in [0, 0.05) is 19.2 Å². The van der Waals surface area contributed by atoms with E-state index < -0.39 is 0 Å². The maximum atomic E-state index is 12.7. The Morgan fingerprint density at radius 2 is 1.85 bits per heavy atom. The van der Waals surface area contributed by atoms with E-state index in [0.717, 1.165) is 21.3 Å². The molecule has 0 saturated carbocycles. The number of aromatic nitrogens is 1. The Morgan fingerprint density at radius 3 is 2.59 bits per heavy atom. The molecule has 3 rings (SSSR count). The highest BCUT2D eigenvalue weighted by molar-refractivity contribution is 7.16. The zero-order valence-corrected chi connectivity index (χ0v) is 16.9. The van der Waals surface area contributed by atoms with E-state index in [-0.39, 0.29) is 12.3 Å². The summed E-state index contributed by atoms with van der Waals surface area (Å²) in [5.41, 5.74) is 4.20. The quantitative estimate of drug-likeness (QED) is 0.652. The summed E-state index contributed by atoms with van der Waals surface area (Å²) in [4.78, 5) is 17.8. The molecule has 0 aliphatic carbocycles. The molecule has 2 aromatic carbocycles. The van der Waals surface area contributed by atoms with Crippen LogP contribution in [0.25, 0.3) is 10.2 Å². The van der Waals surface area contributed by atoms with Gasteiger partial charge in [-0.25, -0.2) is 0 Å². The molecule has 0 unspecified atom stereocenters. The Kier molecular flexibility index (Phi) is 6.08. The Labute approximate surface area is 162 Å². The first-order valence-electron chi connectivity index (χ1n) is 8.82. The molecule has 0 spiro atoms. The van der Waals surface area contributed by atoms with Crippen molar-refractivity contribution in [2.75, 3.05) is 20.8 Å². The normalized spacial score (nSPS) is 11.9. The second kappa shape index (κ2) is 8.50. The molecule has 0 bridgehead atoms. The predicted octanol–water partition coefficient (Wildman–Crippen LogP) is 3.64. The third-order valence-corrected chi connectivity index (χ3v) is 5.40. The Hall–Kier alpha value is -2.44. The number of carbonyl (C=O) groups is 1. The maximum absolute atomic E-state index is 12.7. The largest absolute Gasteiger partial charge is 0.496 e. The number of nitrogens with zero attached hydrogens (tertiary/aromatic N) is 2. The van der Waals surface area contributed by atoms with E-state index in [4.69, 9.17) is 9.47 Å². The van der Waals surface area contributed by atoms with Gasteiger partial charge in [-0.1, -0.05) is 35.1 Å². The molecule has 1 aromatic heterocycles. The van der Waals surface area contributed by atoms with Gasteiger partial charge in [-0.2, -0.15) is 4.99 Å². The van der Waals surface area contributed by atoms with Crippen LogP contribution in [0.1, 0.15) is 16.7 Å². The Balaban J connectivity index is 1.99. The van der Waals surface area contributed by atoms with Crippen LogP contribution in [-0.4, -0.2) is 31.3 Å². The first-order chi connectivity index (χ1) is 13.0. The zero-order valence-electron chi connectivity index (χ0n) is 16.1. The molecule has 6 heteroatoms. The number of amides is 1. The summed E-state index contributed by atoms with van der Waals surface area (Å²) in [6.45, 7) is 5.27. The summed E-state index contributed by atoms with van der Waals surface area (Å²) >= 11 is 1.53. The summed E-state index contributed by atoms with van der Waals surface area (Å²) in [6.07, 6.45) is 0.211. The van der Waals surface area contributed by atoms with Crippen molar-refractivity contribution in [2.24, 2.45) is 4.99 Å². The summed E-state index contributed by atoms with van der Waals surface area (Å²) in [6, 6.07) is 12.1. The number of carbonyl (C=O) groups excluding carboxylic acids is 1. The van der Waals surface area contributed by atoms with Gasteiger partial charge in [0.15, 0.2) is 4.80 Å². The van der Waals surface area contributed by atoms with Crippen molar-refractivity contribution < 1.29 is 14.3 Å². The van der Waals surface area contributed by atoms with Gasteiger partial charge < -0.3 is 14.0 Å². The molecule has 3 aromatic rings. The lowest BCUT2D eigenvalue weighted by molar-refractivity contribution is -0.117. The summed E-state index contributed by atoms with van der Waals surface area (Å²) in [5, 5.41) is 0. The van der Waals surface area contributed by atoms with E-state index in [1.54, 1.807) is 14.2 Å². The molecule has 0 atom stereocenters. The van der Waals surface area contributed by atoms with Gasteiger partial charge in [-0.05, 0) is 37.6 Å². The molecule has 0 radical (unpaired) electrons. The number of fused-ring (bicyclic) bond motifs is 1. The van der Waals surface area contributed by atoms with E-state index in [1.807, 2.05) is 29.7 Å².